The first-order valence-electron chi connectivity index (χ1n) is 10.2. The number of fused-ring (bicyclic) bond motifs is 1. The predicted octanol–water partition coefficient (Wildman–Crippen LogP) is 3.90. The molecule has 0 saturated carbocycles. The molecular weight excluding hydrogens is 434 g/mol. The number of hydrogen-bond acceptors (Lipinski definition) is 6. The van der Waals surface area contributed by atoms with E-state index in [2.05, 4.69) is 35.8 Å². The van der Waals surface area contributed by atoms with E-state index in [0.29, 0.717) is 22.9 Å². The third-order valence-corrected chi connectivity index (χ3v) is 7.69. The lowest BCUT2D eigenvalue weighted by Crippen LogP contribution is -2.28. The first kappa shape index (κ1) is 23.6. The molecule has 2 aromatic rings. The van der Waals surface area contributed by atoms with Gasteiger partial charge in [0.2, 0.25) is 15.9 Å². The fourth-order valence-corrected chi connectivity index (χ4v) is 5.44. The van der Waals surface area contributed by atoms with Gasteiger partial charge in [-0.05, 0) is 34.9 Å². The maximum Gasteiger partial charge on any atom is 0.240 e. The minimum Gasteiger partial charge on any atom is -0.302 e. The van der Waals surface area contributed by atoms with E-state index in [1.165, 1.54) is 11.3 Å². The van der Waals surface area contributed by atoms with Crippen LogP contribution in [-0.4, -0.2) is 31.6 Å². The smallest absolute Gasteiger partial charge is 0.240 e. The fourth-order valence-electron chi connectivity index (χ4n) is 3.47. The number of rotatable bonds is 6. The highest BCUT2D eigenvalue weighted by molar-refractivity contribution is 7.89. The number of carbonyl (C=O) groups excluding carboxylic acids is 2. The molecule has 1 amide bonds. The molecule has 0 spiro atoms. The molecule has 1 heterocycles. The topological polar surface area (TPSA) is 105 Å². The summed E-state index contributed by atoms with van der Waals surface area (Å²) in [5.41, 5.74) is 1.56. The van der Waals surface area contributed by atoms with Crippen LogP contribution >= 0.6 is 11.3 Å². The quantitative estimate of drug-likeness (QED) is 0.676. The van der Waals surface area contributed by atoms with Crippen molar-refractivity contribution in [2.24, 2.45) is 5.41 Å². The molecule has 0 atom stereocenters. The van der Waals surface area contributed by atoms with Crippen LogP contribution in [-0.2, 0) is 26.7 Å². The number of benzene rings is 1. The van der Waals surface area contributed by atoms with Crippen LogP contribution in [0.5, 0.6) is 0 Å². The van der Waals surface area contributed by atoms with Gasteiger partial charge in [-0.2, -0.15) is 0 Å². The van der Waals surface area contributed by atoms with Crippen LogP contribution < -0.4 is 10.0 Å². The van der Waals surface area contributed by atoms with E-state index >= 15 is 0 Å². The molecule has 0 fully saturated rings. The summed E-state index contributed by atoms with van der Waals surface area (Å²) in [4.78, 5) is 29.7. The van der Waals surface area contributed by atoms with E-state index in [9.17, 15) is 18.0 Å². The molecule has 0 aliphatic heterocycles. The summed E-state index contributed by atoms with van der Waals surface area (Å²) in [7, 11) is -3.70. The van der Waals surface area contributed by atoms with Crippen molar-refractivity contribution >= 4 is 38.2 Å². The van der Waals surface area contributed by atoms with E-state index < -0.39 is 10.0 Å². The van der Waals surface area contributed by atoms with Crippen molar-refractivity contribution in [2.45, 2.75) is 64.2 Å². The Bertz CT molecular complexity index is 1090. The maximum absolute atomic E-state index is 12.5. The SMILES string of the molecule is CC1(C)CC(=O)c2sc(NC(=O)CCNS(=O)(=O)c3ccc(C(C)(C)C)cc3)nc2C1. The minimum atomic E-state index is -3.70. The number of aromatic nitrogens is 1. The number of anilines is 1. The van der Waals surface area contributed by atoms with Gasteiger partial charge in [-0.25, -0.2) is 18.1 Å². The maximum atomic E-state index is 12.5. The Hall–Kier alpha value is -2.10. The van der Waals surface area contributed by atoms with Gasteiger partial charge in [-0.1, -0.05) is 58.1 Å². The second-order valence-corrected chi connectivity index (χ2v) is 12.5. The number of Topliss-reactive ketones (excluding diaryl/α,β-unsaturated/α-hetero) is 1. The number of amides is 1. The van der Waals surface area contributed by atoms with Crippen molar-refractivity contribution in [1.82, 2.24) is 9.71 Å². The molecule has 0 unspecified atom stereocenters. The van der Waals surface area contributed by atoms with Gasteiger partial charge in [0.25, 0.3) is 0 Å². The Labute approximate surface area is 187 Å². The molecular formula is C22H29N3O4S2. The number of nitrogens with one attached hydrogen (secondary N) is 2. The molecule has 0 saturated heterocycles. The molecule has 1 aromatic carbocycles. The van der Waals surface area contributed by atoms with Crippen LogP contribution in [0.15, 0.2) is 29.2 Å². The van der Waals surface area contributed by atoms with E-state index in [1.807, 2.05) is 13.8 Å². The number of thiazole rings is 1. The first-order valence-corrected chi connectivity index (χ1v) is 12.5. The zero-order valence-electron chi connectivity index (χ0n) is 18.5. The zero-order chi connectivity index (χ0) is 23.0. The molecule has 3 rings (SSSR count). The normalized spacial score (nSPS) is 16.1. The van der Waals surface area contributed by atoms with Crippen molar-refractivity contribution in [2.75, 3.05) is 11.9 Å². The van der Waals surface area contributed by atoms with Crippen molar-refractivity contribution in [3.8, 4) is 0 Å². The van der Waals surface area contributed by atoms with Crippen LogP contribution in [0.3, 0.4) is 0 Å². The first-order chi connectivity index (χ1) is 14.3. The Kier molecular flexibility index (Phi) is 6.42. The van der Waals surface area contributed by atoms with Gasteiger partial charge in [0.1, 0.15) is 0 Å². The van der Waals surface area contributed by atoms with E-state index in [1.54, 1.807) is 24.3 Å². The predicted molar refractivity (Wildman–Crippen MR) is 122 cm³/mol. The number of hydrogen-bond donors (Lipinski definition) is 2. The van der Waals surface area contributed by atoms with Crippen molar-refractivity contribution in [1.29, 1.82) is 0 Å². The Morgan fingerprint density at radius 1 is 1.16 bits per heavy atom. The van der Waals surface area contributed by atoms with Crippen LogP contribution in [0.1, 0.15) is 68.4 Å². The average Bonchev–Trinajstić information content (AvgIpc) is 3.02. The van der Waals surface area contributed by atoms with Gasteiger partial charge in [0, 0.05) is 19.4 Å². The van der Waals surface area contributed by atoms with Crippen LogP contribution in [0, 0.1) is 5.41 Å². The standard InChI is InChI=1S/C22H29N3O4S2/c1-21(2,3)14-6-8-15(9-7-14)31(28,29)23-11-10-18(27)25-20-24-16-12-22(4,5)13-17(26)19(16)30-20/h6-9,23H,10-13H2,1-5H3,(H,24,25,27). The lowest BCUT2D eigenvalue weighted by molar-refractivity contribution is -0.116. The van der Waals surface area contributed by atoms with Gasteiger partial charge in [0.05, 0.1) is 15.5 Å². The lowest BCUT2D eigenvalue weighted by Gasteiger charge is -2.26. The molecule has 168 valence electrons. The van der Waals surface area contributed by atoms with Crippen LogP contribution in [0.2, 0.25) is 0 Å². The molecule has 0 bridgehead atoms. The summed E-state index contributed by atoms with van der Waals surface area (Å²) < 4.78 is 27.4. The van der Waals surface area contributed by atoms with Gasteiger partial charge in [0.15, 0.2) is 10.9 Å². The Morgan fingerprint density at radius 3 is 2.42 bits per heavy atom. The second kappa shape index (κ2) is 8.44. The van der Waals surface area contributed by atoms with E-state index in [4.69, 9.17) is 0 Å². The summed E-state index contributed by atoms with van der Waals surface area (Å²) >= 11 is 1.18. The van der Waals surface area contributed by atoms with E-state index in [-0.39, 0.29) is 40.4 Å². The molecule has 31 heavy (non-hydrogen) atoms. The van der Waals surface area contributed by atoms with Gasteiger partial charge in [-0.15, -0.1) is 0 Å². The third-order valence-electron chi connectivity index (χ3n) is 5.16. The largest absolute Gasteiger partial charge is 0.302 e. The summed E-state index contributed by atoms with van der Waals surface area (Å²) in [6, 6.07) is 6.74. The second-order valence-electron chi connectivity index (χ2n) is 9.71. The average molecular weight is 464 g/mol. The number of carbonyl (C=O) groups is 2. The van der Waals surface area contributed by atoms with E-state index in [0.717, 1.165) is 11.3 Å². The number of nitrogens with zero attached hydrogens (tertiary/aromatic N) is 1. The van der Waals surface area contributed by atoms with Crippen LogP contribution in [0.25, 0.3) is 0 Å². The summed E-state index contributed by atoms with van der Waals surface area (Å²) in [6.45, 7) is 10.2. The van der Waals surface area contributed by atoms with Crippen molar-refractivity contribution in [3.05, 3.63) is 40.4 Å². The van der Waals surface area contributed by atoms with Crippen LogP contribution in [0.4, 0.5) is 5.13 Å². The molecule has 1 aliphatic rings. The highest BCUT2D eigenvalue weighted by Gasteiger charge is 2.34. The Morgan fingerprint density at radius 2 is 1.81 bits per heavy atom. The van der Waals surface area contributed by atoms with Crippen molar-refractivity contribution in [3.63, 3.8) is 0 Å². The molecule has 1 aliphatic carbocycles. The minimum absolute atomic E-state index is 0.0355. The number of sulfonamides is 1. The van der Waals surface area contributed by atoms with Gasteiger partial charge >= 0.3 is 0 Å². The van der Waals surface area contributed by atoms with Crippen molar-refractivity contribution < 1.29 is 18.0 Å². The molecule has 0 radical (unpaired) electrons. The zero-order valence-corrected chi connectivity index (χ0v) is 20.2. The highest BCUT2D eigenvalue weighted by Crippen LogP contribution is 2.38. The monoisotopic (exact) mass is 463 g/mol. The highest BCUT2D eigenvalue weighted by atomic mass is 32.2. The summed E-state index contributed by atoms with van der Waals surface area (Å²) in [5, 5.41) is 3.06. The number of ketones is 1. The molecule has 9 heteroatoms. The lowest BCUT2D eigenvalue weighted by atomic mass is 9.78. The molecule has 1 aromatic heterocycles. The molecule has 7 nitrogen and oxygen atoms in total. The summed E-state index contributed by atoms with van der Waals surface area (Å²) in [6.07, 6.45) is 1.12. The van der Waals surface area contributed by atoms with Gasteiger partial charge in [-0.3, -0.25) is 9.59 Å². The van der Waals surface area contributed by atoms with Gasteiger partial charge < -0.3 is 5.32 Å². The molecule has 2 N–H and O–H groups in total. The third kappa shape index (κ3) is 5.78. The summed E-state index contributed by atoms with van der Waals surface area (Å²) in [5.74, 6) is -0.307. The fraction of sp³-hybridized carbons (Fsp3) is 0.500. The Balaban J connectivity index is 1.55.